The fourth-order valence-electron chi connectivity index (χ4n) is 7.75. The lowest BCUT2D eigenvalue weighted by molar-refractivity contribution is -0.150. The van der Waals surface area contributed by atoms with Gasteiger partial charge in [0, 0.05) is 48.9 Å². The Morgan fingerprint density at radius 1 is 1.04 bits per heavy atom. The second-order valence-electron chi connectivity index (χ2n) is 13.4. The molecule has 3 N–H and O–H groups in total. The molecule has 3 amide bonds. The van der Waals surface area contributed by atoms with Gasteiger partial charge < -0.3 is 34.7 Å². The van der Waals surface area contributed by atoms with Crippen LogP contribution >= 0.6 is 0 Å². The number of carbonyl (C=O) groups excluding carboxylic acids is 3. The van der Waals surface area contributed by atoms with Gasteiger partial charge in [-0.05, 0) is 42.4 Å². The molecule has 3 aliphatic heterocycles. The van der Waals surface area contributed by atoms with Crippen LogP contribution in [-0.4, -0.2) is 79.7 Å². The zero-order valence-corrected chi connectivity index (χ0v) is 28.3. The van der Waals surface area contributed by atoms with E-state index in [1.807, 2.05) is 98.9 Å². The van der Waals surface area contributed by atoms with Crippen molar-refractivity contribution in [2.75, 3.05) is 42.6 Å². The molecular weight excluding hydrogens is 613 g/mol. The van der Waals surface area contributed by atoms with Crippen molar-refractivity contribution in [3.05, 3.63) is 95.6 Å². The molecule has 47 heavy (non-hydrogen) atoms. The molecule has 0 saturated carbocycles. The summed E-state index contributed by atoms with van der Waals surface area (Å²) in [6.07, 6.45) is -0.781. The summed E-state index contributed by atoms with van der Waals surface area (Å²) >= 11 is 0. The van der Waals surface area contributed by atoms with Gasteiger partial charge in [-0.1, -0.05) is 67.6 Å². The van der Waals surface area contributed by atoms with Crippen molar-refractivity contribution in [1.29, 1.82) is 0 Å². The second kappa shape index (κ2) is 13.3. The van der Waals surface area contributed by atoms with Crippen LogP contribution in [0.2, 0.25) is 18.6 Å². The van der Waals surface area contributed by atoms with Gasteiger partial charge >= 0.3 is 0 Å². The maximum Gasteiger partial charge on any atom is 0.264 e. The lowest BCUT2D eigenvalue weighted by Gasteiger charge is -2.33. The number of nitrogens with one attached hydrogen (secondary N) is 1. The van der Waals surface area contributed by atoms with Gasteiger partial charge in [0.15, 0.2) is 13.9 Å². The molecule has 10 nitrogen and oxygen atoms in total. The first-order valence-electron chi connectivity index (χ1n) is 16.4. The number of hydrogen-bond acceptors (Lipinski definition) is 7. The molecule has 11 heteroatoms. The lowest BCUT2D eigenvalue weighted by Crippen LogP contribution is -2.48. The van der Waals surface area contributed by atoms with Crippen LogP contribution in [0.1, 0.15) is 30.0 Å². The highest BCUT2D eigenvalue weighted by molar-refractivity contribution is 6.71. The zero-order valence-electron chi connectivity index (χ0n) is 27.3. The third-order valence-corrected chi connectivity index (χ3v) is 12.4. The summed E-state index contributed by atoms with van der Waals surface area (Å²) in [6, 6.07) is 25.0. The van der Waals surface area contributed by atoms with E-state index in [2.05, 4.69) is 5.32 Å². The van der Waals surface area contributed by atoms with Crippen LogP contribution in [0.15, 0.2) is 78.9 Å². The quantitative estimate of drug-likeness (QED) is 0.286. The number of amides is 3. The summed E-state index contributed by atoms with van der Waals surface area (Å²) in [5.41, 5.74) is 2.03. The van der Waals surface area contributed by atoms with Crippen LogP contribution in [-0.2, 0) is 37.8 Å². The van der Waals surface area contributed by atoms with Crippen molar-refractivity contribution in [2.24, 2.45) is 5.92 Å². The van der Waals surface area contributed by atoms with Crippen molar-refractivity contribution in [3.63, 3.8) is 0 Å². The fraction of sp³-hybridized carbons (Fsp3) is 0.417. The van der Waals surface area contributed by atoms with Crippen molar-refractivity contribution < 1.29 is 29.0 Å². The molecule has 0 aromatic heterocycles. The molecule has 3 aromatic rings. The zero-order chi connectivity index (χ0) is 33.3. The van der Waals surface area contributed by atoms with Gasteiger partial charge in [-0.3, -0.25) is 14.4 Å². The van der Waals surface area contributed by atoms with Gasteiger partial charge in [0.1, 0.15) is 0 Å². The SMILES string of the molecule is C[C@H]1[C@H]([Si](C)(C)O)[C@@H](CC(=O)N(CCO)Cc2ccccc2)O[C@]12C(=O)N(Cc1ccccc1)c1ccc(N3CCNCC3=O)cc12. The van der Waals surface area contributed by atoms with Gasteiger partial charge in [-0.25, -0.2) is 0 Å². The van der Waals surface area contributed by atoms with Crippen LogP contribution in [0, 0.1) is 5.92 Å². The topological polar surface area (TPSA) is 123 Å². The minimum absolute atomic E-state index is 0.0438. The highest BCUT2D eigenvalue weighted by Gasteiger charge is 2.66. The molecular formula is C36H44N4O6Si. The van der Waals surface area contributed by atoms with Crippen LogP contribution < -0.4 is 15.1 Å². The summed E-state index contributed by atoms with van der Waals surface area (Å²) < 4.78 is 6.94. The second-order valence-corrected chi connectivity index (χ2v) is 17.4. The van der Waals surface area contributed by atoms with Crippen LogP contribution in [0.5, 0.6) is 0 Å². The maximum absolute atomic E-state index is 14.9. The predicted molar refractivity (Wildman–Crippen MR) is 182 cm³/mol. The number of fused-ring (bicyclic) bond motifs is 2. The number of rotatable bonds is 10. The monoisotopic (exact) mass is 656 g/mol. The molecule has 0 aliphatic carbocycles. The molecule has 0 unspecified atom stereocenters. The van der Waals surface area contributed by atoms with E-state index in [4.69, 9.17) is 4.74 Å². The summed E-state index contributed by atoms with van der Waals surface area (Å²) in [4.78, 5) is 58.5. The molecule has 248 valence electrons. The van der Waals surface area contributed by atoms with Crippen LogP contribution in [0.4, 0.5) is 11.4 Å². The van der Waals surface area contributed by atoms with Gasteiger partial charge in [0.05, 0.1) is 37.9 Å². The molecule has 3 heterocycles. The summed E-state index contributed by atoms with van der Waals surface area (Å²) in [5, 5.41) is 12.9. The van der Waals surface area contributed by atoms with E-state index in [0.717, 1.165) is 11.1 Å². The van der Waals surface area contributed by atoms with E-state index < -0.39 is 31.5 Å². The Balaban J connectivity index is 1.40. The molecule has 0 radical (unpaired) electrons. The summed E-state index contributed by atoms with van der Waals surface area (Å²) in [5.74, 6) is -0.966. The van der Waals surface area contributed by atoms with Crippen molar-refractivity contribution in [1.82, 2.24) is 10.2 Å². The Labute approximate surface area is 277 Å². The van der Waals surface area contributed by atoms with Gasteiger partial charge in [-0.15, -0.1) is 0 Å². The number of ether oxygens (including phenoxy) is 1. The number of carbonyl (C=O) groups is 3. The number of nitrogens with zero attached hydrogens (tertiary/aromatic N) is 3. The van der Waals surface area contributed by atoms with Crippen molar-refractivity contribution >= 4 is 37.4 Å². The largest absolute Gasteiger partial charge is 0.432 e. The molecule has 4 atom stereocenters. The number of anilines is 2. The van der Waals surface area contributed by atoms with Gasteiger partial charge in [0.2, 0.25) is 11.8 Å². The van der Waals surface area contributed by atoms with Gasteiger partial charge in [-0.2, -0.15) is 0 Å². The third-order valence-electron chi connectivity index (χ3n) is 9.87. The van der Waals surface area contributed by atoms with E-state index in [1.165, 1.54) is 0 Å². The van der Waals surface area contributed by atoms with E-state index in [0.29, 0.717) is 43.1 Å². The van der Waals surface area contributed by atoms with Crippen LogP contribution in [0.25, 0.3) is 0 Å². The fourth-order valence-corrected chi connectivity index (χ4v) is 10.3. The van der Waals surface area contributed by atoms with Crippen molar-refractivity contribution in [2.45, 2.75) is 56.8 Å². The Morgan fingerprint density at radius 2 is 1.72 bits per heavy atom. The standard InChI is InChI=1S/C36H44N4O6Si/c1-25-34(47(2,3)45)31(21-32(42)38(18-19-41)23-26-10-6-4-7-11-26)46-36(25)29-20-28(39-17-16-37-22-33(39)43)14-15-30(29)40(35(36)44)24-27-12-8-5-9-13-27/h4-15,20,25,31,34,37,41,45H,16-19,21-24H2,1-3H3/t25-,31+,34-,36+/m0/s1. The number of piperazine rings is 1. The molecule has 3 aromatic carbocycles. The summed E-state index contributed by atoms with van der Waals surface area (Å²) in [6.45, 7) is 7.62. The number of benzene rings is 3. The van der Waals surface area contributed by atoms with E-state index in [1.54, 1.807) is 14.7 Å². The normalized spacial score (nSPS) is 24.2. The Kier molecular flexibility index (Phi) is 9.37. The minimum Gasteiger partial charge on any atom is -0.432 e. The molecule has 2 saturated heterocycles. The first-order valence-corrected chi connectivity index (χ1v) is 19.4. The Morgan fingerprint density at radius 3 is 2.36 bits per heavy atom. The van der Waals surface area contributed by atoms with Crippen molar-refractivity contribution in [3.8, 4) is 0 Å². The minimum atomic E-state index is -3.03. The third kappa shape index (κ3) is 6.26. The van der Waals surface area contributed by atoms with Crippen LogP contribution in [0.3, 0.4) is 0 Å². The highest BCUT2D eigenvalue weighted by Crippen LogP contribution is 2.60. The molecule has 2 fully saturated rings. The number of aliphatic hydroxyl groups is 1. The number of aliphatic hydroxyl groups excluding tert-OH is 1. The van der Waals surface area contributed by atoms with Gasteiger partial charge in [0.25, 0.3) is 5.91 Å². The Hall–Kier alpha value is -3.87. The molecule has 1 spiro atoms. The molecule has 3 aliphatic rings. The molecule has 0 bridgehead atoms. The average Bonchev–Trinajstić information content (AvgIpc) is 3.48. The van der Waals surface area contributed by atoms with E-state index in [-0.39, 0.29) is 43.8 Å². The first kappa shape index (κ1) is 33.0. The highest BCUT2D eigenvalue weighted by atomic mass is 28.4. The molecule has 6 rings (SSSR count). The van der Waals surface area contributed by atoms with E-state index >= 15 is 0 Å². The predicted octanol–water partition coefficient (Wildman–Crippen LogP) is 3.38. The smallest absolute Gasteiger partial charge is 0.264 e. The Bertz CT molecular complexity index is 1620. The average molecular weight is 657 g/mol. The first-order chi connectivity index (χ1) is 22.5. The maximum atomic E-state index is 14.9. The number of hydrogen-bond donors (Lipinski definition) is 3. The van der Waals surface area contributed by atoms with E-state index in [9.17, 15) is 24.3 Å². The summed E-state index contributed by atoms with van der Waals surface area (Å²) in [7, 11) is -3.03. The lowest BCUT2D eigenvalue weighted by atomic mass is 9.82.